The minimum Gasteiger partial charge on any atom is -0.480 e. The van der Waals surface area contributed by atoms with E-state index in [1.165, 1.54) is 0 Å². The van der Waals surface area contributed by atoms with E-state index in [1.54, 1.807) is 19.5 Å². The van der Waals surface area contributed by atoms with E-state index in [9.17, 15) is 4.79 Å². The molecule has 9 heteroatoms. The smallest absolute Gasteiger partial charge is 0.228 e. The van der Waals surface area contributed by atoms with Crippen molar-refractivity contribution in [1.29, 1.82) is 0 Å². The third-order valence-electron chi connectivity index (χ3n) is 7.11. The summed E-state index contributed by atoms with van der Waals surface area (Å²) in [7, 11) is 1.61. The summed E-state index contributed by atoms with van der Waals surface area (Å²) in [6.07, 6.45) is 9.07. The molecule has 4 heterocycles. The zero-order chi connectivity index (χ0) is 23.3. The van der Waals surface area contributed by atoms with Gasteiger partial charge in [-0.3, -0.25) is 14.8 Å². The fourth-order valence-corrected chi connectivity index (χ4v) is 5.36. The van der Waals surface area contributed by atoms with Crippen LogP contribution in [-0.4, -0.2) is 62.0 Å². The van der Waals surface area contributed by atoms with Gasteiger partial charge < -0.3 is 19.9 Å². The molecule has 174 valence electrons. The number of fused-ring (bicyclic) bond motifs is 2. The van der Waals surface area contributed by atoms with Gasteiger partial charge in [-0.1, -0.05) is 13.0 Å². The van der Waals surface area contributed by atoms with Gasteiger partial charge in [0.2, 0.25) is 17.7 Å². The largest absolute Gasteiger partial charge is 0.480 e. The second-order valence-corrected chi connectivity index (χ2v) is 9.55. The van der Waals surface area contributed by atoms with Crippen LogP contribution < -0.4 is 10.1 Å². The van der Waals surface area contributed by atoms with E-state index in [4.69, 9.17) is 9.72 Å². The Morgan fingerprint density at radius 3 is 2.68 bits per heavy atom. The van der Waals surface area contributed by atoms with Crippen molar-refractivity contribution in [2.24, 2.45) is 5.41 Å². The molecule has 6 rings (SSSR count). The number of H-pyrrole nitrogens is 1. The van der Waals surface area contributed by atoms with Crippen LogP contribution in [0.15, 0.2) is 36.8 Å². The Bertz CT molecular complexity index is 1390. The molecule has 9 nitrogen and oxygen atoms in total. The van der Waals surface area contributed by atoms with Crippen LogP contribution in [0.1, 0.15) is 32.6 Å². The van der Waals surface area contributed by atoms with Crippen molar-refractivity contribution >= 4 is 33.9 Å². The Kier molecular flexibility index (Phi) is 4.86. The van der Waals surface area contributed by atoms with Gasteiger partial charge in [-0.15, -0.1) is 0 Å². The topological polar surface area (TPSA) is 109 Å². The number of hydrogen-bond acceptors (Lipinski definition) is 7. The molecule has 0 spiro atoms. The van der Waals surface area contributed by atoms with E-state index in [1.807, 2.05) is 29.3 Å². The molecule has 1 amide bonds. The zero-order valence-electron chi connectivity index (χ0n) is 19.3. The molecule has 0 atom stereocenters. The second-order valence-electron chi connectivity index (χ2n) is 9.55. The van der Waals surface area contributed by atoms with Crippen molar-refractivity contribution in [1.82, 2.24) is 29.8 Å². The summed E-state index contributed by atoms with van der Waals surface area (Å²) in [5.74, 6) is 1.28. The highest BCUT2D eigenvalue weighted by Crippen LogP contribution is 2.44. The second kappa shape index (κ2) is 7.93. The first-order valence-electron chi connectivity index (χ1n) is 11.7. The third kappa shape index (κ3) is 3.43. The van der Waals surface area contributed by atoms with Crippen LogP contribution in [0.25, 0.3) is 33.2 Å². The predicted octanol–water partition coefficient (Wildman–Crippen LogP) is 3.78. The molecule has 4 aromatic rings. The Hall–Kier alpha value is -3.75. The van der Waals surface area contributed by atoms with Crippen LogP contribution in [0.4, 0.5) is 5.95 Å². The first-order valence-corrected chi connectivity index (χ1v) is 11.7. The van der Waals surface area contributed by atoms with Gasteiger partial charge in [-0.05, 0) is 43.4 Å². The van der Waals surface area contributed by atoms with Gasteiger partial charge in [0.15, 0.2) is 0 Å². The van der Waals surface area contributed by atoms with Crippen molar-refractivity contribution < 1.29 is 9.53 Å². The molecule has 34 heavy (non-hydrogen) atoms. The molecule has 1 saturated heterocycles. The quantitative estimate of drug-likeness (QED) is 0.469. The van der Waals surface area contributed by atoms with Gasteiger partial charge >= 0.3 is 0 Å². The van der Waals surface area contributed by atoms with Gasteiger partial charge in [0, 0.05) is 43.3 Å². The first kappa shape index (κ1) is 20.8. The standard InChI is InChI=1S/C25H27N7O2/c1-25(23(33)32-9-3-4-10-32)12-16(13-25)29-24-30-21-20(22(31-24)34-2)17(14-28-21)15-5-6-18-19(11-15)27-8-7-26-18/h5-8,11,14,16H,3-4,9-10,12-13H2,1-2H3,(H2,28,29,30,31). The number of likely N-dealkylation sites (tertiary alicyclic amines) is 1. The molecular formula is C25H27N7O2. The van der Waals surface area contributed by atoms with Crippen LogP contribution in [0.2, 0.25) is 0 Å². The molecule has 0 bridgehead atoms. The SMILES string of the molecule is COc1nc(NC2CC(C)(C(=O)N3CCCC3)C2)nc2[nH]cc(-c3ccc4nccnc4c3)c12. The van der Waals surface area contributed by atoms with Crippen LogP contribution in [0, 0.1) is 5.41 Å². The third-order valence-corrected chi connectivity index (χ3v) is 7.11. The number of methoxy groups -OCH3 is 1. The Morgan fingerprint density at radius 2 is 1.91 bits per heavy atom. The van der Waals surface area contributed by atoms with Gasteiger partial charge in [-0.2, -0.15) is 9.97 Å². The van der Waals surface area contributed by atoms with Gasteiger partial charge in [0.25, 0.3) is 0 Å². The summed E-state index contributed by atoms with van der Waals surface area (Å²) in [4.78, 5) is 36.3. The van der Waals surface area contributed by atoms with Crippen molar-refractivity contribution in [2.45, 2.75) is 38.6 Å². The molecule has 2 fully saturated rings. The number of carbonyl (C=O) groups is 1. The minimum absolute atomic E-state index is 0.159. The van der Waals surface area contributed by atoms with Crippen LogP contribution >= 0.6 is 0 Å². The number of nitrogens with zero attached hydrogens (tertiary/aromatic N) is 5. The summed E-state index contributed by atoms with van der Waals surface area (Å²) in [6, 6.07) is 6.13. The molecule has 0 unspecified atom stereocenters. The first-order chi connectivity index (χ1) is 16.5. The molecule has 1 saturated carbocycles. The number of carbonyl (C=O) groups excluding carboxylic acids is 1. The molecular weight excluding hydrogens is 430 g/mol. The lowest BCUT2D eigenvalue weighted by molar-refractivity contribution is -0.145. The summed E-state index contributed by atoms with van der Waals surface area (Å²) in [5, 5.41) is 4.23. The Labute approximate surface area is 197 Å². The van der Waals surface area contributed by atoms with Crippen molar-refractivity contribution in [3.63, 3.8) is 0 Å². The number of anilines is 1. The maximum Gasteiger partial charge on any atom is 0.228 e. The fraction of sp³-hybridized carbons (Fsp3) is 0.400. The number of aromatic amines is 1. The predicted molar refractivity (Wildman–Crippen MR) is 130 cm³/mol. The van der Waals surface area contributed by atoms with E-state index in [0.717, 1.165) is 66.3 Å². The maximum absolute atomic E-state index is 12.9. The fourth-order valence-electron chi connectivity index (χ4n) is 5.36. The van der Waals surface area contributed by atoms with Gasteiger partial charge in [0.1, 0.15) is 5.65 Å². The molecule has 0 radical (unpaired) electrons. The molecule has 1 aliphatic heterocycles. The molecule has 1 aromatic carbocycles. The van der Waals surface area contributed by atoms with E-state index < -0.39 is 0 Å². The van der Waals surface area contributed by atoms with Crippen molar-refractivity contribution in [3.05, 3.63) is 36.8 Å². The van der Waals surface area contributed by atoms with E-state index in [2.05, 4.69) is 32.2 Å². The number of amides is 1. The average Bonchev–Trinajstić information content (AvgIpc) is 3.52. The van der Waals surface area contributed by atoms with Gasteiger partial charge in [0.05, 0.1) is 28.9 Å². The number of benzene rings is 1. The minimum atomic E-state index is -0.297. The number of aromatic nitrogens is 5. The van der Waals surface area contributed by atoms with E-state index in [0.29, 0.717) is 17.5 Å². The van der Waals surface area contributed by atoms with Gasteiger partial charge in [-0.25, -0.2) is 0 Å². The van der Waals surface area contributed by atoms with E-state index in [-0.39, 0.29) is 17.4 Å². The molecule has 2 aliphatic rings. The summed E-state index contributed by atoms with van der Waals surface area (Å²) in [6.45, 7) is 3.85. The maximum atomic E-state index is 12.9. The Morgan fingerprint density at radius 1 is 1.15 bits per heavy atom. The summed E-state index contributed by atoms with van der Waals surface area (Å²) < 4.78 is 5.66. The highest BCUT2D eigenvalue weighted by atomic mass is 16.5. The lowest BCUT2D eigenvalue weighted by Crippen LogP contribution is -2.53. The average molecular weight is 458 g/mol. The number of hydrogen-bond donors (Lipinski definition) is 2. The summed E-state index contributed by atoms with van der Waals surface area (Å²) >= 11 is 0. The van der Waals surface area contributed by atoms with Crippen LogP contribution in [0.3, 0.4) is 0 Å². The summed E-state index contributed by atoms with van der Waals surface area (Å²) in [5.41, 5.74) is 3.99. The Balaban J connectivity index is 1.25. The molecule has 2 N–H and O–H groups in total. The highest BCUT2D eigenvalue weighted by molar-refractivity contribution is 5.99. The zero-order valence-corrected chi connectivity index (χ0v) is 19.3. The normalized spacial score (nSPS) is 22.2. The molecule has 1 aliphatic carbocycles. The number of nitrogens with one attached hydrogen (secondary N) is 2. The monoisotopic (exact) mass is 457 g/mol. The van der Waals surface area contributed by atoms with Crippen LogP contribution in [-0.2, 0) is 4.79 Å². The van der Waals surface area contributed by atoms with Crippen molar-refractivity contribution in [3.8, 4) is 17.0 Å². The number of ether oxygens (including phenoxy) is 1. The lowest BCUT2D eigenvalue weighted by atomic mass is 9.66. The lowest BCUT2D eigenvalue weighted by Gasteiger charge is -2.45. The van der Waals surface area contributed by atoms with Crippen molar-refractivity contribution in [2.75, 3.05) is 25.5 Å². The van der Waals surface area contributed by atoms with Crippen LogP contribution in [0.5, 0.6) is 5.88 Å². The molecule has 3 aromatic heterocycles. The number of rotatable bonds is 5. The van der Waals surface area contributed by atoms with E-state index >= 15 is 0 Å². The highest BCUT2D eigenvalue weighted by Gasteiger charge is 2.48.